The Morgan fingerprint density at radius 3 is 2.42 bits per heavy atom. The fourth-order valence-electron chi connectivity index (χ4n) is 3.78. The minimum absolute atomic E-state index is 0.0768. The van der Waals surface area contributed by atoms with Gasteiger partial charge in [0.15, 0.2) is 11.5 Å². The van der Waals surface area contributed by atoms with Crippen LogP contribution >= 0.6 is 0 Å². The number of amides is 1. The van der Waals surface area contributed by atoms with Crippen molar-refractivity contribution in [3.63, 3.8) is 0 Å². The van der Waals surface area contributed by atoms with Crippen molar-refractivity contribution in [2.75, 3.05) is 20.8 Å². The molecule has 3 rings (SSSR count). The van der Waals surface area contributed by atoms with Crippen molar-refractivity contribution < 1.29 is 18.7 Å². The number of halogens is 1. The first-order chi connectivity index (χ1) is 12.6. The molecule has 1 amide bonds. The lowest BCUT2D eigenvalue weighted by atomic mass is 9.78. The highest BCUT2D eigenvalue weighted by atomic mass is 19.1. The van der Waals surface area contributed by atoms with Crippen molar-refractivity contribution in [2.45, 2.75) is 31.1 Å². The van der Waals surface area contributed by atoms with Crippen LogP contribution in [0.2, 0.25) is 0 Å². The van der Waals surface area contributed by atoms with Crippen LogP contribution in [0.15, 0.2) is 42.5 Å². The normalized spacial score (nSPS) is 15.5. The standard InChI is InChI=1S/C21H24FNO3/c1-25-18-10-9-15(13-19(18)26-2)21(11-5-6-12-21)14-23-20(24)16-7-3-4-8-17(16)22/h3-4,7-10,13H,5-6,11-12,14H2,1-2H3,(H,23,24). The summed E-state index contributed by atoms with van der Waals surface area (Å²) in [6, 6.07) is 12.0. The van der Waals surface area contributed by atoms with Gasteiger partial charge in [-0.25, -0.2) is 4.39 Å². The van der Waals surface area contributed by atoms with Crippen LogP contribution in [-0.4, -0.2) is 26.7 Å². The maximum absolute atomic E-state index is 13.8. The van der Waals surface area contributed by atoms with Gasteiger partial charge in [0.05, 0.1) is 19.8 Å². The SMILES string of the molecule is COc1ccc(C2(CNC(=O)c3ccccc3F)CCCC2)cc1OC. The summed E-state index contributed by atoms with van der Waals surface area (Å²) in [4.78, 5) is 12.4. The van der Waals surface area contributed by atoms with Gasteiger partial charge < -0.3 is 14.8 Å². The van der Waals surface area contributed by atoms with E-state index in [1.807, 2.05) is 18.2 Å². The van der Waals surface area contributed by atoms with Gasteiger partial charge >= 0.3 is 0 Å². The molecule has 26 heavy (non-hydrogen) atoms. The number of hydrogen-bond acceptors (Lipinski definition) is 3. The van der Waals surface area contributed by atoms with Gasteiger partial charge in [0.25, 0.3) is 5.91 Å². The summed E-state index contributed by atoms with van der Waals surface area (Å²) >= 11 is 0. The molecule has 1 N–H and O–H groups in total. The summed E-state index contributed by atoms with van der Waals surface area (Å²) in [5.41, 5.74) is 1.02. The molecular weight excluding hydrogens is 333 g/mol. The van der Waals surface area contributed by atoms with Gasteiger partial charge in [0.2, 0.25) is 0 Å². The minimum Gasteiger partial charge on any atom is -0.493 e. The van der Waals surface area contributed by atoms with Gasteiger partial charge in [0, 0.05) is 12.0 Å². The van der Waals surface area contributed by atoms with Crippen molar-refractivity contribution in [2.24, 2.45) is 0 Å². The average molecular weight is 357 g/mol. The Labute approximate surface area is 153 Å². The summed E-state index contributed by atoms with van der Waals surface area (Å²) in [6.07, 6.45) is 4.15. The lowest BCUT2D eigenvalue weighted by molar-refractivity contribution is 0.0939. The zero-order valence-electron chi connectivity index (χ0n) is 15.2. The van der Waals surface area contributed by atoms with E-state index in [0.717, 1.165) is 31.2 Å². The molecule has 0 atom stereocenters. The van der Waals surface area contributed by atoms with Crippen molar-refractivity contribution in [3.8, 4) is 11.5 Å². The van der Waals surface area contributed by atoms with E-state index in [1.165, 1.54) is 12.1 Å². The molecule has 4 nitrogen and oxygen atoms in total. The lowest BCUT2D eigenvalue weighted by Gasteiger charge is -2.30. The fraction of sp³-hybridized carbons (Fsp3) is 0.381. The molecule has 1 aliphatic carbocycles. The molecule has 1 fully saturated rings. The van der Waals surface area contributed by atoms with E-state index >= 15 is 0 Å². The number of carbonyl (C=O) groups is 1. The summed E-state index contributed by atoms with van der Waals surface area (Å²) in [6.45, 7) is 0.468. The van der Waals surface area contributed by atoms with Crippen LogP contribution in [0, 0.1) is 5.82 Å². The zero-order chi connectivity index (χ0) is 18.6. The number of methoxy groups -OCH3 is 2. The molecule has 1 saturated carbocycles. The molecule has 0 aromatic heterocycles. The molecule has 1 aliphatic rings. The monoisotopic (exact) mass is 357 g/mol. The first-order valence-electron chi connectivity index (χ1n) is 8.85. The van der Waals surface area contributed by atoms with E-state index in [0.29, 0.717) is 18.0 Å². The van der Waals surface area contributed by atoms with E-state index < -0.39 is 5.82 Å². The van der Waals surface area contributed by atoms with Crippen LogP contribution in [0.5, 0.6) is 11.5 Å². The minimum atomic E-state index is -0.503. The molecule has 0 heterocycles. The summed E-state index contributed by atoms with van der Waals surface area (Å²) in [5, 5.41) is 2.94. The van der Waals surface area contributed by atoms with Crippen molar-refractivity contribution in [1.82, 2.24) is 5.32 Å². The lowest BCUT2D eigenvalue weighted by Crippen LogP contribution is -2.39. The maximum atomic E-state index is 13.8. The van der Waals surface area contributed by atoms with Crippen LogP contribution in [0.25, 0.3) is 0 Å². The van der Waals surface area contributed by atoms with Crippen molar-refractivity contribution in [3.05, 3.63) is 59.4 Å². The second-order valence-electron chi connectivity index (χ2n) is 6.72. The molecule has 0 spiro atoms. The zero-order valence-corrected chi connectivity index (χ0v) is 15.2. The highest BCUT2D eigenvalue weighted by molar-refractivity contribution is 5.94. The van der Waals surface area contributed by atoms with E-state index in [4.69, 9.17) is 9.47 Å². The third kappa shape index (κ3) is 3.52. The van der Waals surface area contributed by atoms with Crippen LogP contribution in [0.4, 0.5) is 4.39 Å². The predicted octanol–water partition coefficient (Wildman–Crippen LogP) is 4.08. The number of benzene rings is 2. The van der Waals surface area contributed by atoms with Crippen molar-refractivity contribution >= 4 is 5.91 Å². The molecule has 0 radical (unpaired) electrons. The Bertz CT molecular complexity index is 785. The second kappa shape index (κ2) is 7.77. The molecular formula is C21H24FNO3. The van der Waals surface area contributed by atoms with E-state index in [9.17, 15) is 9.18 Å². The van der Waals surface area contributed by atoms with Gasteiger partial charge in [-0.3, -0.25) is 4.79 Å². The van der Waals surface area contributed by atoms with E-state index in [-0.39, 0.29) is 16.9 Å². The topological polar surface area (TPSA) is 47.6 Å². The number of rotatable bonds is 6. The molecule has 0 unspecified atom stereocenters. The quantitative estimate of drug-likeness (QED) is 0.847. The first-order valence-corrected chi connectivity index (χ1v) is 8.85. The highest BCUT2D eigenvalue weighted by Crippen LogP contribution is 2.43. The Morgan fingerprint density at radius 1 is 1.08 bits per heavy atom. The number of carbonyl (C=O) groups excluding carboxylic acids is 1. The number of nitrogens with one attached hydrogen (secondary N) is 1. The molecule has 2 aromatic carbocycles. The number of hydrogen-bond donors (Lipinski definition) is 1. The van der Waals surface area contributed by atoms with Gasteiger partial charge in [-0.15, -0.1) is 0 Å². The summed E-state index contributed by atoms with van der Waals surface area (Å²) in [7, 11) is 3.22. The average Bonchev–Trinajstić information content (AvgIpc) is 3.16. The summed E-state index contributed by atoms with van der Waals surface area (Å²) in [5.74, 6) is 0.475. The van der Waals surface area contributed by atoms with E-state index in [1.54, 1.807) is 26.4 Å². The molecule has 0 aliphatic heterocycles. The molecule has 5 heteroatoms. The molecule has 2 aromatic rings. The van der Waals surface area contributed by atoms with Gasteiger partial charge in [-0.1, -0.05) is 31.0 Å². The van der Waals surface area contributed by atoms with Gasteiger partial charge in [-0.2, -0.15) is 0 Å². The highest BCUT2D eigenvalue weighted by Gasteiger charge is 2.36. The Morgan fingerprint density at radius 2 is 1.77 bits per heavy atom. The third-order valence-electron chi connectivity index (χ3n) is 5.26. The first kappa shape index (κ1) is 18.2. The largest absolute Gasteiger partial charge is 0.493 e. The third-order valence-corrected chi connectivity index (χ3v) is 5.26. The molecule has 0 saturated heterocycles. The van der Waals surface area contributed by atoms with Crippen LogP contribution in [-0.2, 0) is 5.41 Å². The Balaban J connectivity index is 1.83. The maximum Gasteiger partial charge on any atom is 0.254 e. The van der Waals surface area contributed by atoms with Crippen LogP contribution in [0.3, 0.4) is 0 Å². The second-order valence-corrected chi connectivity index (χ2v) is 6.72. The molecule has 0 bridgehead atoms. The fourth-order valence-corrected chi connectivity index (χ4v) is 3.78. The van der Waals surface area contributed by atoms with Gasteiger partial charge in [-0.05, 0) is 42.7 Å². The molecule has 138 valence electrons. The summed E-state index contributed by atoms with van der Waals surface area (Å²) < 4.78 is 24.6. The van der Waals surface area contributed by atoms with E-state index in [2.05, 4.69) is 5.32 Å². The number of ether oxygens (including phenoxy) is 2. The van der Waals surface area contributed by atoms with Crippen LogP contribution in [0.1, 0.15) is 41.6 Å². The van der Waals surface area contributed by atoms with Crippen LogP contribution < -0.4 is 14.8 Å². The Hall–Kier alpha value is -2.56. The predicted molar refractivity (Wildman–Crippen MR) is 98.4 cm³/mol. The van der Waals surface area contributed by atoms with Crippen molar-refractivity contribution in [1.29, 1.82) is 0 Å². The Kier molecular flexibility index (Phi) is 5.45. The van der Waals surface area contributed by atoms with Gasteiger partial charge in [0.1, 0.15) is 5.82 Å². The smallest absolute Gasteiger partial charge is 0.254 e.